The van der Waals surface area contributed by atoms with Crippen LogP contribution in [-0.4, -0.2) is 24.0 Å². The molecule has 1 heterocycles. The Morgan fingerprint density at radius 3 is 2.95 bits per heavy atom. The second kappa shape index (κ2) is 7.00. The van der Waals surface area contributed by atoms with E-state index in [1.54, 1.807) is 29.0 Å². The molecule has 1 aromatic heterocycles. The van der Waals surface area contributed by atoms with Crippen molar-refractivity contribution in [1.29, 1.82) is 0 Å². The van der Waals surface area contributed by atoms with Gasteiger partial charge < -0.3 is 10.1 Å². The number of ether oxygens (including phenoxy) is 1. The Balaban J connectivity index is 1.71. The number of amides is 1. The summed E-state index contributed by atoms with van der Waals surface area (Å²) >= 11 is 1.57. The molecule has 0 bridgehead atoms. The fourth-order valence-electron chi connectivity index (χ4n) is 1.64. The molecular formula is C14H15FN2O2S. The molecule has 0 saturated carbocycles. The highest BCUT2D eigenvalue weighted by Crippen LogP contribution is 2.15. The Morgan fingerprint density at radius 1 is 1.45 bits per heavy atom. The molecule has 2 rings (SSSR count). The van der Waals surface area contributed by atoms with Crippen molar-refractivity contribution in [2.24, 2.45) is 0 Å². The average Bonchev–Trinajstić information content (AvgIpc) is 2.84. The van der Waals surface area contributed by atoms with Crippen molar-refractivity contribution >= 4 is 17.2 Å². The minimum absolute atomic E-state index is 0.0842. The number of nitrogens with one attached hydrogen (secondary N) is 1. The van der Waals surface area contributed by atoms with Crippen LogP contribution in [-0.2, 0) is 11.2 Å². The van der Waals surface area contributed by atoms with Crippen molar-refractivity contribution < 1.29 is 13.9 Å². The van der Waals surface area contributed by atoms with E-state index >= 15 is 0 Å². The van der Waals surface area contributed by atoms with Gasteiger partial charge in [-0.2, -0.15) is 0 Å². The zero-order valence-electron chi connectivity index (χ0n) is 11.1. The smallest absolute Gasteiger partial charge is 0.257 e. The SMILES string of the molecule is Cc1ncsc1CCNC(=O)COc1ccccc1F. The molecule has 20 heavy (non-hydrogen) atoms. The first kappa shape index (κ1) is 14.5. The highest BCUT2D eigenvalue weighted by Gasteiger charge is 2.07. The van der Waals surface area contributed by atoms with Crippen LogP contribution in [0.3, 0.4) is 0 Å². The topological polar surface area (TPSA) is 51.2 Å². The number of thiazole rings is 1. The van der Waals surface area contributed by atoms with Gasteiger partial charge in [-0.15, -0.1) is 11.3 Å². The lowest BCUT2D eigenvalue weighted by Crippen LogP contribution is -2.30. The van der Waals surface area contributed by atoms with E-state index in [4.69, 9.17) is 4.74 Å². The molecule has 0 fully saturated rings. The zero-order valence-corrected chi connectivity index (χ0v) is 11.9. The molecular weight excluding hydrogens is 279 g/mol. The van der Waals surface area contributed by atoms with E-state index in [2.05, 4.69) is 10.3 Å². The molecule has 0 aliphatic rings. The predicted molar refractivity (Wildman–Crippen MR) is 75.5 cm³/mol. The number of rotatable bonds is 6. The van der Waals surface area contributed by atoms with Gasteiger partial charge in [0, 0.05) is 17.8 Å². The lowest BCUT2D eigenvalue weighted by Gasteiger charge is -2.07. The Kier molecular flexibility index (Phi) is 5.06. The third-order valence-electron chi connectivity index (χ3n) is 2.71. The fraction of sp³-hybridized carbons (Fsp3) is 0.286. The maximum absolute atomic E-state index is 13.3. The third kappa shape index (κ3) is 4.03. The number of aromatic nitrogens is 1. The van der Waals surface area contributed by atoms with Gasteiger partial charge in [-0.05, 0) is 19.1 Å². The van der Waals surface area contributed by atoms with Crippen LogP contribution < -0.4 is 10.1 Å². The van der Waals surface area contributed by atoms with E-state index in [1.807, 2.05) is 6.92 Å². The Labute approximate surface area is 120 Å². The number of carbonyl (C=O) groups is 1. The van der Waals surface area contributed by atoms with Crippen molar-refractivity contribution in [3.05, 3.63) is 46.2 Å². The maximum atomic E-state index is 13.3. The van der Waals surface area contributed by atoms with Gasteiger partial charge in [0.15, 0.2) is 18.2 Å². The number of para-hydroxylation sites is 1. The molecule has 0 saturated heterocycles. The van der Waals surface area contributed by atoms with Crippen molar-refractivity contribution in [3.8, 4) is 5.75 Å². The van der Waals surface area contributed by atoms with Gasteiger partial charge in [-0.3, -0.25) is 4.79 Å². The normalized spacial score (nSPS) is 10.3. The second-order valence-electron chi connectivity index (χ2n) is 4.18. The number of hydrogen-bond acceptors (Lipinski definition) is 4. The summed E-state index contributed by atoms with van der Waals surface area (Å²) in [6, 6.07) is 6.01. The Bertz CT molecular complexity index is 586. The lowest BCUT2D eigenvalue weighted by atomic mass is 10.3. The van der Waals surface area contributed by atoms with Crippen molar-refractivity contribution in [1.82, 2.24) is 10.3 Å². The maximum Gasteiger partial charge on any atom is 0.257 e. The number of carbonyl (C=O) groups excluding carboxylic acids is 1. The summed E-state index contributed by atoms with van der Waals surface area (Å²) in [6.07, 6.45) is 0.738. The van der Waals surface area contributed by atoms with E-state index in [-0.39, 0.29) is 18.3 Å². The molecule has 0 spiro atoms. The average molecular weight is 294 g/mol. The van der Waals surface area contributed by atoms with E-state index in [1.165, 1.54) is 12.1 Å². The first-order chi connectivity index (χ1) is 9.66. The molecule has 1 N–H and O–H groups in total. The first-order valence-corrected chi connectivity index (χ1v) is 7.08. The zero-order chi connectivity index (χ0) is 14.4. The van der Waals surface area contributed by atoms with Crippen LogP contribution >= 0.6 is 11.3 Å². The van der Waals surface area contributed by atoms with Gasteiger partial charge in [0.25, 0.3) is 5.91 Å². The van der Waals surface area contributed by atoms with Crippen LogP contribution in [0.15, 0.2) is 29.8 Å². The predicted octanol–water partition coefficient (Wildman–Crippen LogP) is 2.33. The molecule has 1 amide bonds. The van der Waals surface area contributed by atoms with Gasteiger partial charge in [0.05, 0.1) is 11.2 Å². The summed E-state index contributed by atoms with van der Waals surface area (Å²) in [5.74, 6) is -0.656. The molecule has 1 aromatic carbocycles. The molecule has 106 valence electrons. The van der Waals surface area contributed by atoms with Crippen LogP contribution in [0.2, 0.25) is 0 Å². The second-order valence-corrected chi connectivity index (χ2v) is 5.12. The van der Waals surface area contributed by atoms with Crippen LogP contribution in [0.5, 0.6) is 5.75 Å². The van der Waals surface area contributed by atoms with Crippen molar-refractivity contribution in [2.45, 2.75) is 13.3 Å². The Hall–Kier alpha value is -1.95. The summed E-state index contributed by atoms with van der Waals surface area (Å²) in [6.45, 7) is 2.26. The standard InChI is InChI=1S/C14H15FN2O2S/c1-10-13(20-9-17-10)6-7-16-14(18)8-19-12-5-3-2-4-11(12)15/h2-5,9H,6-8H2,1H3,(H,16,18). The molecule has 2 aromatic rings. The summed E-state index contributed by atoms with van der Waals surface area (Å²) in [5, 5.41) is 2.73. The van der Waals surface area contributed by atoms with Crippen LogP contribution in [0.25, 0.3) is 0 Å². The number of benzene rings is 1. The van der Waals surface area contributed by atoms with E-state index in [0.29, 0.717) is 6.54 Å². The van der Waals surface area contributed by atoms with Gasteiger partial charge in [0.1, 0.15) is 0 Å². The van der Waals surface area contributed by atoms with Crippen molar-refractivity contribution in [3.63, 3.8) is 0 Å². The molecule has 0 radical (unpaired) electrons. The van der Waals surface area contributed by atoms with Crippen LogP contribution in [0, 0.1) is 12.7 Å². The van der Waals surface area contributed by atoms with E-state index in [0.717, 1.165) is 17.0 Å². The monoisotopic (exact) mass is 294 g/mol. The number of aryl methyl sites for hydroxylation is 1. The minimum atomic E-state index is -0.472. The molecule has 0 aliphatic heterocycles. The molecule has 0 atom stereocenters. The molecule has 6 heteroatoms. The van der Waals surface area contributed by atoms with Gasteiger partial charge in [0.2, 0.25) is 0 Å². The van der Waals surface area contributed by atoms with Gasteiger partial charge in [-0.25, -0.2) is 9.37 Å². The quantitative estimate of drug-likeness (QED) is 0.889. The molecule has 4 nitrogen and oxygen atoms in total. The summed E-state index contributed by atoms with van der Waals surface area (Å²) in [4.78, 5) is 16.9. The van der Waals surface area contributed by atoms with Crippen molar-refractivity contribution in [2.75, 3.05) is 13.2 Å². The number of halogens is 1. The first-order valence-electron chi connectivity index (χ1n) is 6.20. The molecule has 0 aliphatic carbocycles. The number of hydrogen-bond donors (Lipinski definition) is 1. The fourth-order valence-corrected chi connectivity index (χ4v) is 2.42. The number of nitrogens with zero attached hydrogens (tertiary/aromatic N) is 1. The largest absolute Gasteiger partial charge is 0.481 e. The summed E-state index contributed by atoms with van der Waals surface area (Å²) < 4.78 is 18.4. The lowest BCUT2D eigenvalue weighted by molar-refractivity contribution is -0.123. The third-order valence-corrected chi connectivity index (χ3v) is 3.71. The minimum Gasteiger partial charge on any atom is -0.481 e. The Morgan fingerprint density at radius 2 is 2.25 bits per heavy atom. The summed E-state index contributed by atoms with van der Waals surface area (Å²) in [5.41, 5.74) is 2.78. The van der Waals surface area contributed by atoms with Crippen LogP contribution in [0.4, 0.5) is 4.39 Å². The summed E-state index contributed by atoms with van der Waals surface area (Å²) in [7, 11) is 0. The molecule has 0 unspecified atom stereocenters. The van der Waals surface area contributed by atoms with E-state index in [9.17, 15) is 9.18 Å². The van der Waals surface area contributed by atoms with Gasteiger partial charge >= 0.3 is 0 Å². The highest BCUT2D eigenvalue weighted by atomic mass is 32.1. The van der Waals surface area contributed by atoms with Crippen LogP contribution in [0.1, 0.15) is 10.6 Å². The van der Waals surface area contributed by atoms with E-state index < -0.39 is 5.82 Å². The van der Waals surface area contributed by atoms with Gasteiger partial charge in [-0.1, -0.05) is 12.1 Å². The highest BCUT2D eigenvalue weighted by molar-refractivity contribution is 7.09.